The van der Waals surface area contributed by atoms with E-state index in [2.05, 4.69) is 9.47 Å². The van der Waals surface area contributed by atoms with Gasteiger partial charge in [-0.2, -0.15) is 26.3 Å². The molecule has 0 aliphatic heterocycles. The number of benzene rings is 2. The normalized spacial score (nSPS) is 12.4. The molecule has 12 heteroatoms. The van der Waals surface area contributed by atoms with Gasteiger partial charge < -0.3 is 19.7 Å². The molecule has 0 unspecified atom stereocenters. The second-order valence-electron chi connectivity index (χ2n) is 6.62. The number of hydrogen-bond acceptors (Lipinski definition) is 6. The summed E-state index contributed by atoms with van der Waals surface area (Å²) >= 11 is 0. The van der Waals surface area contributed by atoms with Gasteiger partial charge in [-0.1, -0.05) is 24.3 Å². The first-order chi connectivity index (χ1) is 15.4. The predicted octanol–water partition coefficient (Wildman–Crippen LogP) is 3.40. The fourth-order valence-electron chi connectivity index (χ4n) is 3.14. The Balaban J connectivity index is 2.60. The molecule has 2 aromatic carbocycles. The van der Waals surface area contributed by atoms with Crippen LogP contribution >= 0.6 is 0 Å². The van der Waals surface area contributed by atoms with Crippen LogP contribution in [0.1, 0.15) is 31.8 Å². The number of hydrogen-bond donors (Lipinski definition) is 2. The van der Waals surface area contributed by atoms with E-state index in [9.17, 15) is 35.9 Å². The second kappa shape index (κ2) is 10.2. The first-order valence-corrected chi connectivity index (χ1v) is 9.30. The largest absolute Gasteiger partial charge is 0.460 e. The fourth-order valence-corrected chi connectivity index (χ4v) is 3.14. The van der Waals surface area contributed by atoms with Gasteiger partial charge in [0.05, 0.1) is 24.3 Å². The van der Waals surface area contributed by atoms with Gasteiger partial charge in [0, 0.05) is 0 Å². The van der Waals surface area contributed by atoms with Crippen LogP contribution in [0.25, 0.3) is 0 Å². The Kier molecular flexibility index (Phi) is 8.09. The Morgan fingerprint density at radius 1 is 0.636 bits per heavy atom. The van der Waals surface area contributed by atoms with Gasteiger partial charge in [0.2, 0.25) is 5.41 Å². The minimum absolute atomic E-state index is 0.313. The molecule has 0 saturated heterocycles. The molecule has 0 spiro atoms. The Labute approximate surface area is 183 Å². The molecule has 0 atom stereocenters. The van der Waals surface area contributed by atoms with Gasteiger partial charge in [-0.3, -0.25) is 0 Å². The van der Waals surface area contributed by atoms with Crippen LogP contribution in [-0.2, 0) is 14.9 Å². The molecule has 33 heavy (non-hydrogen) atoms. The number of halogens is 6. The molecule has 0 heterocycles. The van der Waals surface area contributed by atoms with Crippen molar-refractivity contribution in [3.05, 3.63) is 70.8 Å². The summed E-state index contributed by atoms with van der Waals surface area (Å²) in [6.07, 6.45) is -11.7. The van der Waals surface area contributed by atoms with Gasteiger partial charge >= 0.3 is 24.3 Å². The third kappa shape index (κ3) is 5.28. The van der Waals surface area contributed by atoms with Gasteiger partial charge in [-0.15, -0.1) is 0 Å². The van der Waals surface area contributed by atoms with Gasteiger partial charge in [0.25, 0.3) is 0 Å². The Hall–Kier alpha value is -3.12. The standard InChI is InChI=1S/C21H18F6O6/c22-20(23,24)19(21(25,26)27,15-5-1-13(2-6-15)17(30)32-11-9-28)16-7-3-14(4-8-16)18(31)33-12-10-29/h1-8,28-29H,9-12H2. The van der Waals surface area contributed by atoms with Crippen molar-refractivity contribution in [3.8, 4) is 0 Å². The number of esters is 2. The molecule has 6 nitrogen and oxygen atoms in total. The van der Waals surface area contributed by atoms with Crippen molar-refractivity contribution >= 4 is 11.9 Å². The van der Waals surface area contributed by atoms with Crippen molar-refractivity contribution in [2.45, 2.75) is 17.8 Å². The number of aliphatic hydroxyl groups is 2. The molecule has 0 aliphatic rings. The Bertz CT molecular complexity index is 872. The first kappa shape index (κ1) is 26.1. The molecule has 0 aromatic heterocycles. The summed E-state index contributed by atoms with van der Waals surface area (Å²) in [7, 11) is 0. The maximum Gasteiger partial charge on any atom is 0.411 e. The van der Waals surface area contributed by atoms with Crippen LogP contribution in [-0.4, -0.2) is 60.9 Å². The lowest BCUT2D eigenvalue weighted by molar-refractivity contribution is -0.288. The smallest absolute Gasteiger partial charge is 0.411 e. The van der Waals surface area contributed by atoms with E-state index < -0.39 is 67.3 Å². The minimum atomic E-state index is -5.86. The molecule has 180 valence electrons. The molecule has 0 radical (unpaired) electrons. The van der Waals surface area contributed by atoms with E-state index in [-0.39, 0.29) is 11.1 Å². The zero-order valence-electron chi connectivity index (χ0n) is 16.7. The van der Waals surface area contributed by atoms with Crippen molar-refractivity contribution < 1.29 is 55.6 Å². The van der Waals surface area contributed by atoms with Crippen molar-refractivity contribution in [3.63, 3.8) is 0 Å². The van der Waals surface area contributed by atoms with Crippen LogP contribution in [0, 0.1) is 0 Å². The number of aliphatic hydroxyl groups excluding tert-OH is 2. The molecule has 0 aliphatic carbocycles. The Morgan fingerprint density at radius 2 is 0.939 bits per heavy atom. The van der Waals surface area contributed by atoms with Crippen molar-refractivity contribution in [2.24, 2.45) is 0 Å². The fraction of sp³-hybridized carbons (Fsp3) is 0.333. The van der Waals surface area contributed by atoms with E-state index >= 15 is 0 Å². The highest BCUT2D eigenvalue weighted by atomic mass is 19.4. The van der Waals surface area contributed by atoms with Crippen molar-refractivity contribution in [2.75, 3.05) is 26.4 Å². The van der Waals surface area contributed by atoms with Crippen molar-refractivity contribution in [1.29, 1.82) is 0 Å². The molecular formula is C21H18F6O6. The zero-order valence-corrected chi connectivity index (χ0v) is 16.7. The lowest BCUT2D eigenvalue weighted by atomic mass is 9.72. The van der Waals surface area contributed by atoms with Crippen LogP contribution in [0.3, 0.4) is 0 Å². The highest BCUT2D eigenvalue weighted by Crippen LogP contribution is 2.56. The van der Waals surface area contributed by atoms with Gasteiger partial charge in [-0.25, -0.2) is 9.59 Å². The number of carbonyl (C=O) groups excluding carboxylic acids is 2. The van der Waals surface area contributed by atoms with E-state index in [4.69, 9.17) is 10.2 Å². The first-order valence-electron chi connectivity index (χ1n) is 9.30. The summed E-state index contributed by atoms with van der Waals surface area (Å²) < 4.78 is 94.0. The highest BCUT2D eigenvalue weighted by molar-refractivity contribution is 5.90. The third-order valence-corrected chi connectivity index (χ3v) is 4.61. The number of alkyl halides is 6. The molecule has 0 fully saturated rings. The number of rotatable bonds is 8. The Morgan fingerprint density at radius 3 is 1.18 bits per heavy atom. The van der Waals surface area contributed by atoms with Gasteiger partial charge in [-0.05, 0) is 35.4 Å². The molecule has 0 saturated carbocycles. The predicted molar refractivity (Wildman–Crippen MR) is 101 cm³/mol. The van der Waals surface area contributed by atoms with E-state index in [1.165, 1.54) is 0 Å². The lowest BCUT2D eigenvalue weighted by Gasteiger charge is -2.38. The second-order valence-corrected chi connectivity index (χ2v) is 6.62. The van der Waals surface area contributed by atoms with E-state index in [0.29, 0.717) is 24.3 Å². The highest BCUT2D eigenvalue weighted by Gasteiger charge is 2.72. The lowest BCUT2D eigenvalue weighted by Crippen LogP contribution is -2.54. The minimum Gasteiger partial charge on any atom is -0.460 e. The molecule has 2 N–H and O–H groups in total. The van der Waals surface area contributed by atoms with E-state index in [1.54, 1.807) is 0 Å². The summed E-state index contributed by atoms with van der Waals surface area (Å²) in [5.74, 6) is -2.07. The number of carbonyl (C=O) groups is 2. The summed E-state index contributed by atoms with van der Waals surface area (Å²) in [6.45, 7) is -1.83. The maximum atomic E-state index is 14.1. The van der Waals surface area contributed by atoms with Crippen LogP contribution in [0.4, 0.5) is 26.3 Å². The molecule has 0 amide bonds. The van der Waals surface area contributed by atoms with Gasteiger partial charge in [0.1, 0.15) is 13.2 Å². The third-order valence-electron chi connectivity index (χ3n) is 4.61. The average molecular weight is 480 g/mol. The number of ether oxygens (including phenoxy) is 2. The maximum absolute atomic E-state index is 14.1. The average Bonchev–Trinajstić information content (AvgIpc) is 2.75. The van der Waals surface area contributed by atoms with Crippen LogP contribution in [0.2, 0.25) is 0 Å². The topological polar surface area (TPSA) is 93.1 Å². The van der Waals surface area contributed by atoms with Crippen LogP contribution in [0.15, 0.2) is 48.5 Å². The molecule has 0 bridgehead atoms. The summed E-state index contributed by atoms with van der Waals surface area (Å²) in [5.41, 5.74) is -7.52. The molecule has 2 rings (SSSR count). The SMILES string of the molecule is O=C(OCCO)c1ccc(C(c2ccc(C(=O)OCCO)cc2)(C(F)(F)F)C(F)(F)F)cc1. The van der Waals surface area contributed by atoms with Crippen molar-refractivity contribution in [1.82, 2.24) is 0 Å². The molecular weight excluding hydrogens is 462 g/mol. The van der Waals surface area contributed by atoms with E-state index in [0.717, 1.165) is 24.3 Å². The van der Waals surface area contributed by atoms with Crippen LogP contribution < -0.4 is 0 Å². The molecule has 2 aromatic rings. The van der Waals surface area contributed by atoms with Crippen LogP contribution in [0.5, 0.6) is 0 Å². The summed E-state index contributed by atoms with van der Waals surface area (Å²) in [4.78, 5) is 23.5. The zero-order chi connectivity index (χ0) is 24.9. The summed E-state index contributed by atoms with van der Waals surface area (Å²) in [6, 6.07) is 5.06. The van der Waals surface area contributed by atoms with E-state index in [1.807, 2.05) is 0 Å². The monoisotopic (exact) mass is 480 g/mol. The summed E-state index contributed by atoms with van der Waals surface area (Å²) in [5, 5.41) is 17.3. The van der Waals surface area contributed by atoms with Gasteiger partial charge in [0.15, 0.2) is 0 Å². The quantitative estimate of drug-likeness (QED) is 0.445.